The van der Waals surface area contributed by atoms with E-state index in [1.54, 1.807) is 0 Å². The monoisotopic (exact) mass is 309 g/mol. The van der Waals surface area contributed by atoms with Crippen LogP contribution in [0.5, 0.6) is 5.88 Å². The number of thioether (sulfide) groups is 1. The predicted molar refractivity (Wildman–Crippen MR) is 79.4 cm³/mol. The molecule has 1 heterocycles. The lowest BCUT2D eigenvalue weighted by molar-refractivity contribution is -0.113. The van der Waals surface area contributed by atoms with E-state index in [1.165, 1.54) is 24.9 Å². The van der Waals surface area contributed by atoms with Crippen molar-refractivity contribution in [2.45, 2.75) is 4.90 Å². The highest BCUT2D eigenvalue weighted by molar-refractivity contribution is 8.00. The van der Waals surface area contributed by atoms with Gasteiger partial charge in [0.15, 0.2) is 0 Å². The van der Waals surface area contributed by atoms with E-state index in [4.69, 9.17) is 16.3 Å². The Hall–Kier alpha value is -1.79. The fourth-order valence-electron chi connectivity index (χ4n) is 1.38. The van der Waals surface area contributed by atoms with Gasteiger partial charge in [-0.25, -0.2) is 4.98 Å². The second-order valence-corrected chi connectivity index (χ2v) is 5.14. The summed E-state index contributed by atoms with van der Waals surface area (Å²) < 4.78 is 4.95. The lowest BCUT2D eigenvalue weighted by atomic mass is 10.4. The molecular weight excluding hydrogens is 298 g/mol. The normalized spacial score (nSPS) is 10.1. The molecule has 0 saturated heterocycles. The van der Waals surface area contributed by atoms with Gasteiger partial charge >= 0.3 is 0 Å². The molecule has 0 aliphatic rings. The van der Waals surface area contributed by atoms with Gasteiger partial charge in [-0.1, -0.05) is 29.8 Å². The lowest BCUT2D eigenvalue weighted by Crippen LogP contribution is -2.16. The fraction of sp³-hybridized carbons (Fsp3) is 0.154. The molecule has 0 atom stereocenters. The fourth-order valence-corrected chi connectivity index (χ4v) is 2.28. The van der Waals surface area contributed by atoms with Gasteiger partial charge in [0.05, 0.1) is 12.9 Å². The molecule has 5 nitrogen and oxygen atoms in total. The van der Waals surface area contributed by atoms with Gasteiger partial charge in [-0.15, -0.1) is 11.8 Å². The van der Waals surface area contributed by atoms with Crippen LogP contribution in [0.15, 0.2) is 41.3 Å². The molecular formula is C13H12ClN3O2S. The van der Waals surface area contributed by atoms with Crippen molar-refractivity contribution in [2.24, 2.45) is 0 Å². The van der Waals surface area contributed by atoms with Crippen LogP contribution in [0.1, 0.15) is 0 Å². The number of halogens is 1. The molecule has 2 aromatic rings. The van der Waals surface area contributed by atoms with Gasteiger partial charge < -0.3 is 4.74 Å². The van der Waals surface area contributed by atoms with Crippen molar-refractivity contribution in [3.63, 3.8) is 0 Å². The number of anilines is 1. The average molecular weight is 310 g/mol. The van der Waals surface area contributed by atoms with Crippen molar-refractivity contribution in [1.82, 2.24) is 9.97 Å². The van der Waals surface area contributed by atoms with E-state index in [9.17, 15) is 4.79 Å². The van der Waals surface area contributed by atoms with Gasteiger partial charge in [0.2, 0.25) is 17.7 Å². The van der Waals surface area contributed by atoms with Crippen LogP contribution in [-0.2, 0) is 4.79 Å². The number of carbonyl (C=O) groups excluding carboxylic acids is 1. The topological polar surface area (TPSA) is 64.1 Å². The van der Waals surface area contributed by atoms with Crippen molar-refractivity contribution in [1.29, 1.82) is 0 Å². The number of hydrogen-bond acceptors (Lipinski definition) is 5. The largest absolute Gasteiger partial charge is 0.481 e. The maximum Gasteiger partial charge on any atom is 0.237 e. The first kappa shape index (κ1) is 14.6. The van der Waals surface area contributed by atoms with Crippen LogP contribution in [0, 0.1) is 0 Å². The molecule has 0 aliphatic carbocycles. The van der Waals surface area contributed by atoms with Crippen LogP contribution >= 0.6 is 23.4 Å². The van der Waals surface area contributed by atoms with Crippen LogP contribution < -0.4 is 10.1 Å². The van der Waals surface area contributed by atoms with Gasteiger partial charge in [-0.2, -0.15) is 4.98 Å². The highest BCUT2D eigenvalue weighted by Gasteiger charge is 2.08. The van der Waals surface area contributed by atoms with Crippen LogP contribution in [0.25, 0.3) is 0 Å². The zero-order valence-electron chi connectivity index (χ0n) is 10.7. The molecule has 0 radical (unpaired) electrons. The minimum Gasteiger partial charge on any atom is -0.481 e. The number of amides is 1. The number of methoxy groups -OCH3 is 1. The molecule has 1 N–H and O–H groups in total. The van der Waals surface area contributed by atoms with Gasteiger partial charge in [-0.05, 0) is 12.1 Å². The highest BCUT2D eigenvalue weighted by Crippen LogP contribution is 2.18. The molecule has 20 heavy (non-hydrogen) atoms. The number of rotatable bonds is 5. The van der Waals surface area contributed by atoms with Crippen molar-refractivity contribution < 1.29 is 9.53 Å². The summed E-state index contributed by atoms with van der Waals surface area (Å²) in [5.74, 6) is 0.495. The second kappa shape index (κ2) is 7.12. The SMILES string of the molecule is COc1cc(Cl)nc(NC(=O)CSc2ccccc2)n1. The molecule has 1 amide bonds. The van der Waals surface area contributed by atoms with Crippen molar-refractivity contribution >= 4 is 35.2 Å². The first-order valence-electron chi connectivity index (χ1n) is 5.73. The predicted octanol–water partition coefficient (Wildman–Crippen LogP) is 2.87. The van der Waals surface area contributed by atoms with E-state index >= 15 is 0 Å². The van der Waals surface area contributed by atoms with Gasteiger partial charge in [-0.3, -0.25) is 10.1 Å². The first-order chi connectivity index (χ1) is 9.67. The van der Waals surface area contributed by atoms with Crippen LogP contribution in [0.4, 0.5) is 5.95 Å². The Kier molecular flexibility index (Phi) is 5.20. The Balaban J connectivity index is 1.93. The van der Waals surface area contributed by atoms with E-state index in [0.717, 1.165) is 4.90 Å². The third kappa shape index (κ3) is 4.40. The number of hydrogen-bond donors (Lipinski definition) is 1. The summed E-state index contributed by atoms with van der Waals surface area (Å²) in [5.41, 5.74) is 0. The molecule has 0 bridgehead atoms. The number of carbonyl (C=O) groups is 1. The van der Waals surface area contributed by atoms with E-state index in [-0.39, 0.29) is 22.8 Å². The molecule has 0 unspecified atom stereocenters. The number of ether oxygens (including phenoxy) is 1. The molecule has 0 saturated carbocycles. The minimum atomic E-state index is -0.205. The van der Waals surface area contributed by atoms with E-state index in [0.29, 0.717) is 5.88 Å². The summed E-state index contributed by atoms with van der Waals surface area (Å²) in [7, 11) is 1.47. The van der Waals surface area contributed by atoms with E-state index in [1.807, 2.05) is 30.3 Å². The Bertz CT molecular complexity index is 595. The minimum absolute atomic E-state index is 0.132. The van der Waals surface area contributed by atoms with Crippen molar-refractivity contribution in [2.75, 3.05) is 18.2 Å². The zero-order valence-corrected chi connectivity index (χ0v) is 12.2. The second-order valence-electron chi connectivity index (χ2n) is 3.71. The zero-order chi connectivity index (χ0) is 14.4. The molecule has 104 valence electrons. The van der Waals surface area contributed by atoms with E-state index < -0.39 is 0 Å². The summed E-state index contributed by atoms with van der Waals surface area (Å²) in [5, 5.41) is 2.79. The molecule has 1 aromatic heterocycles. The molecule has 7 heteroatoms. The van der Waals surface area contributed by atoms with Crippen molar-refractivity contribution in [3.8, 4) is 5.88 Å². The number of benzene rings is 1. The summed E-state index contributed by atoms with van der Waals surface area (Å²) in [6.45, 7) is 0. The maximum absolute atomic E-state index is 11.8. The smallest absolute Gasteiger partial charge is 0.237 e. The van der Waals surface area contributed by atoms with Crippen LogP contribution in [0.3, 0.4) is 0 Å². The third-order valence-corrected chi connectivity index (χ3v) is 3.45. The quantitative estimate of drug-likeness (QED) is 0.679. The standard InChI is InChI=1S/C13H12ClN3O2S/c1-19-12-7-10(14)15-13(17-12)16-11(18)8-20-9-5-3-2-4-6-9/h2-7H,8H2,1H3,(H,15,16,17,18). The lowest BCUT2D eigenvalue weighted by Gasteiger charge is -2.05. The van der Waals surface area contributed by atoms with Gasteiger partial charge in [0, 0.05) is 11.0 Å². The number of aromatic nitrogens is 2. The maximum atomic E-state index is 11.8. The highest BCUT2D eigenvalue weighted by atomic mass is 35.5. The molecule has 2 rings (SSSR count). The van der Waals surface area contributed by atoms with Crippen LogP contribution in [-0.4, -0.2) is 28.7 Å². The summed E-state index contributed by atoms with van der Waals surface area (Å²) >= 11 is 7.23. The number of nitrogens with one attached hydrogen (secondary N) is 1. The van der Waals surface area contributed by atoms with Gasteiger partial charge in [0.1, 0.15) is 5.15 Å². The van der Waals surface area contributed by atoms with Crippen molar-refractivity contribution in [3.05, 3.63) is 41.6 Å². The number of nitrogens with zero attached hydrogens (tertiary/aromatic N) is 2. The Morgan fingerprint density at radius 2 is 2.10 bits per heavy atom. The average Bonchev–Trinajstić information content (AvgIpc) is 2.45. The summed E-state index contributed by atoms with van der Waals surface area (Å²) in [6, 6.07) is 11.1. The first-order valence-corrected chi connectivity index (χ1v) is 7.10. The van der Waals surface area contributed by atoms with Crippen LogP contribution in [0.2, 0.25) is 5.15 Å². The molecule has 1 aromatic carbocycles. The molecule has 0 spiro atoms. The molecule has 0 fully saturated rings. The molecule has 0 aliphatic heterocycles. The Morgan fingerprint density at radius 1 is 1.35 bits per heavy atom. The Labute approximate surface area is 125 Å². The Morgan fingerprint density at radius 3 is 2.80 bits per heavy atom. The van der Waals surface area contributed by atoms with E-state index in [2.05, 4.69) is 15.3 Å². The summed E-state index contributed by atoms with van der Waals surface area (Å²) in [4.78, 5) is 20.7. The summed E-state index contributed by atoms with van der Waals surface area (Å²) in [6.07, 6.45) is 0. The third-order valence-electron chi connectivity index (χ3n) is 2.24. The van der Waals surface area contributed by atoms with Gasteiger partial charge in [0.25, 0.3) is 0 Å².